The van der Waals surface area contributed by atoms with Crippen LogP contribution >= 0.6 is 0 Å². The molecule has 1 saturated heterocycles. The summed E-state index contributed by atoms with van der Waals surface area (Å²) >= 11 is 0. The largest absolute Gasteiger partial charge is 0.451 e. The van der Waals surface area contributed by atoms with Crippen molar-refractivity contribution in [2.45, 2.75) is 31.6 Å². The van der Waals surface area contributed by atoms with Crippen molar-refractivity contribution in [3.05, 3.63) is 26.8 Å². The molecular formula is C15H23BN6O4. The van der Waals surface area contributed by atoms with Crippen LogP contribution in [0, 0.1) is 5.92 Å². The van der Waals surface area contributed by atoms with E-state index in [1.165, 1.54) is 6.33 Å². The third kappa shape index (κ3) is 3.33. The van der Waals surface area contributed by atoms with Crippen LogP contribution in [0.5, 0.6) is 0 Å². The van der Waals surface area contributed by atoms with Crippen molar-refractivity contribution in [3.8, 4) is 0 Å². The van der Waals surface area contributed by atoms with Crippen LogP contribution in [0.4, 0.5) is 23.0 Å². The fraction of sp³-hybridized carbons (Fsp3) is 0.533. The maximum atomic E-state index is 12.1. The predicted molar refractivity (Wildman–Crippen MR) is 100 cm³/mol. The number of aromatic nitrogens is 2. The van der Waals surface area contributed by atoms with E-state index in [0.29, 0.717) is 37.4 Å². The zero-order valence-electron chi connectivity index (χ0n) is 14.5. The molecule has 8 N–H and O–H groups in total. The smallest absolute Gasteiger partial charge is 0.427 e. The Balaban J connectivity index is 1.76. The van der Waals surface area contributed by atoms with Gasteiger partial charge in [-0.15, -0.1) is 0 Å². The molecule has 11 heteroatoms. The van der Waals surface area contributed by atoms with Gasteiger partial charge in [-0.3, -0.25) is 9.59 Å². The number of rotatable bonds is 7. The minimum Gasteiger partial charge on any atom is -0.427 e. The van der Waals surface area contributed by atoms with Crippen LogP contribution in [0.15, 0.2) is 15.9 Å². The van der Waals surface area contributed by atoms with Crippen LogP contribution in [0.3, 0.4) is 0 Å². The average molecular weight is 362 g/mol. The van der Waals surface area contributed by atoms with E-state index < -0.39 is 23.5 Å². The Morgan fingerprint density at radius 3 is 2.81 bits per heavy atom. The molecule has 0 amide bonds. The third-order valence-corrected chi connectivity index (χ3v) is 5.04. The Morgan fingerprint density at radius 1 is 1.46 bits per heavy atom. The first-order valence-electron chi connectivity index (χ1n) is 8.50. The van der Waals surface area contributed by atoms with Crippen molar-refractivity contribution in [2.75, 3.05) is 29.0 Å². The number of nitrogen functional groups attached to an aromatic ring is 1. The lowest BCUT2D eigenvalue weighted by molar-refractivity contribution is 0.343. The number of hydrogen-bond acceptors (Lipinski definition) is 9. The van der Waals surface area contributed by atoms with Gasteiger partial charge >= 0.3 is 7.12 Å². The monoisotopic (exact) mass is 362 g/mol. The average Bonchev–Trinajstić information content (AvgIpc) is 3.09. The number of hydrogen-bond donors (Lipinski definition) is 6. The van der Waals surface area contributed by atoms with Gasteiger partial charge < -0.3 is 36.7 Å². The van der Waals surface area contributed by atoms with Crippen molar-refractivity contribution >= 4 is 30.1 Å². The quantitative estimate of drug-likeness (QED) is 0.260. The molecule has 1 aliphatic heterocycles. The molecule has 3 rings (SSSR count). The van der Waals surface area contributed by atoms with E-state index in [2.05, 4.69) is 15.3 Å². The molecule has 0 aliphatic carbocycles. The molecule has 1 aromatic carbocycles. The van der Waals surface area contributed by atoms with Crippen molar-refractivity contribution in [2.24, 2.45) is 11.7 Å². The summed E-state index contributed by atoms with van der Waals surface area (Å²) in [6.07, 6.45) is 2.98. The highest BCUT2D eigenvalue weighted by Crippen LogP contribution is 2.35. The second-order valence-corrected chi connectivity index (χ2v) is 7.16. The SMILES string of the molecule is C[C@]1(N)CN(c2c(Nc3[nH]cnc3N)c(=O)c2=O)C[C@@H]1CCCB(O)O. The van der Waals surface area contributed by atoms with Crippen molar-refractivity contribution < 1.29 is 10.0 Å². The van der Waals surface area contributed by atoms with E-state index in [-0.39, 0.29) is 23.7 Å². The van der Waals surface area contributed by atoms with Gasteiger partial charge in [-0.25, -0.2) is 4.98 Å². The Kier molecular flexibility index (Phi) is 4.78. The van der Waals surface area contributed by atoms with Crippen LogP contribution in [-0.4, -0.2) is 45.8 Å². The van der Waals surface area contributed by atoms with Crippen LogP contribution in [-0.2, 0) is 0 Å². The van der Waals surface area contributed by atoms with Crippen LogP contribution in [0.1, 0.15) is 19.8 Å². The van der Waals surface area contributed by atoms with E-state index in [9.17, 15) is 9.59 Å². The Morgan fingerprint density at radius 2 is 2.19 bits per heavy atom. The minimum atomic E-state index is -1.33. The highest BCUT2D eigenvalue weighted by atomic mass is 16.4. The summed E-state index contributed by atoms with van der Waals surface area (Å²) in [6, 6.07) is 0. The number of nitrogens with two attached hydrogens (primary N) is 2. The number of nitrogens with one attached hydrogen (secondary N) is 2. The molecule has 0 bridgehead atoms. The molecule has 0 unspecified atom stereocenters. The second-order valence-electron chi connectivity index (χ2n) is 7.16. The summed E-state index contributed by atoms with van der Waals surface area (Å²) < 4.78 is 0. The molecule has 0 radical (unpaired) electrons. The van der Waals surface area contributed by atoms with E-state index in [1.54, 1.807) is 0 Å². The fourth-order valence-electron chi connectivity index (χ4n) is 3.54. The topological polar surface area (TPSA) is 171 Å². The van der Waals surface area contributed by atoms with Gasteiger partial charge in [0.25, 0.3) is 10.9 Å². The molecule has 26 heavy (non-hydrogen) atoms. The van der Waals surface area contributed by atoms with Gasteiger partial charge in [-0.1, -0.05) is 6.42 Å². The van der Waals surface area contributed by atoms with Crippen LogP contribution in [0.2, 0.25) is 6.32 Å². The number of imidazole rings is 1. The minimum absolute atomic E-state index is 0.0655. The molecule has 0 saturated carbocycles. The lowest BCUT2D eigenvalue weighted by Crippen LogP contribution is -2.46. The molecule has 1 fully saturated rings. The van der Waals surface area contributed by atoms with Gasteiger partial charge in [-0.05, 0) is 25.6 Å². The van der Waals surface area contributed by atoms with E-state index in [1.807, 2.05) is 11.8 Å². The van der Waals surface area contributed by atoms with E-state index >= 15 is 0 Å². The summed E-state index contributed by atoms with van der Waals surface area (Å²) in [7, 11) is -1.33. The van der Waals surface area contributed by atoms with Gasteiger partial charge in [0.2, 0.25) is 0 Å². The molecule has 1 aliphatic rings. The zero-order valence-corrected chi connectivity index (χ0v) is 14.5. The molecule has 2 aromatic rings. The molecular weight excluding hydrogens is 339 g/mol. The maximum Gasteiger partial charge on any atom is 0.451 e. The van der Waals surface area contributed by atoms with E-state index in [0.717, 1.165) is 0 Å². The van der Waals surface area contributed by atoms with Crippen molar-refractivity contribution in [1.82, 2.24) is 9.97 Å². The van der Waals surface area contributed by atoms with Gasteiger partial charge in [0.05, 0.1) is 6.33 Å². The standard InChI is InChI=1S/C15H23BN6O4/c1-15(18)6-22(5-8(15)3-2-4-16(25)26)10-9(11(23)12(10)24)21-14-13(17)19-7-20-14/h7-8,21,25-26H,2-6,17-18H2,1H3,(H,19,20)/t8-,15-/m0/s1. The van der Waals surface area contributed by atoms with Crippen LogP contribution < -0.4 is 32.5 Å². The van der Waals surface area contributed by atoms with Gasteiger partial charge in [0, 0.05) is 18.6 Å². The molecule has 1 aromatic heterocycles. The van der Waals surface area contributed by atoms with Crippen molar-refractivity contribution in [3.63, 3.8) is 0 Å². The van der Waals surface area contributed by atoms with Crippen LogP contribution in [0.25, 0.3) is 0 Å². The Labute approximate surface area is 150 Å². The predicted octanol–water partition coefficient (Wildman–Crippen LogP) is -1.26. The highest BCUT2D eigenvalue weighted by Gasteiger charge is 2.42. The first-order chi connectivity index (χ1) is 12.2. The summed E-state index contributed by atoms with van der Waals surface area (Å²) in [5.41, 5.74) is 10.9. The lowest BCUT2D eigenvalue weighted by atomic mass is 9.79. The van der Waals surface area contributed by atoms with Gasteiger partial charge in [0.15, 0.2) is 11.6 Å². The Hall–Kier alpha value is -2.37. The third-order valence-electron chi connectivity index (χ3n) is 5.04. The lowest BCUT2D eigenvalue weighted by Gasteiger charge is -2.26. The van der Waals surface area contributed by atoms with E-state index in [4.69, 9.17) is 21.5 Å². The molecule has 10 nitrogen and oxygen atoms in total. The fourth-order valence-corrected chi connectivity index (χ4v) is 3.54. The normalized spacial score (nSPS) is 22.9. The van der Waals surface area contributed by atoms with Crippen molar-refractivity contribution in [1.29, 1.82) is 0 Å². The van der Waals surface area contributed by atoms with Gasteiger partial charge in [-0.2, -0.15) is 0 Å². The number of H-pyrrole nitrogens is 1. The molecule has 140 valence electrons. The molecule has 0 spiro atoms. The number of anilines is 4. The highest BCUT2D eigenvalue weighted by molar-refractivity contribution is 6.40. The summed E-state index contributed by atoms with van der Waals surface area (Å²) in [5.74, 6) is 0.631. The zero-order chi connectivity index (χ0) is 19.1. The number of nitrogens with zero attached hydrogens (tertiary/aromatic N) is 2. The second kappa shape index (κ2) is 6.74. The first-order valence-corrected chi connectivity index (χ1v) is 8.50. The summed E-state index contributed by atoms with van der Waals surface area (Å²) in [6.45, 7) is 2.85. The first kappa shape index (κ1) is 18.4. The summed E-state index contributed by atoms with van der Waals surface area (Å²) in [4.78, 5) is 32.6. The number of aromatic amines is 1. The Bertz CT molecular complexity index is 857. The molecule has 2 atom stereocenters. The van der Waals surface area contributed by atoms with Gasteiger partial charge in [0.1, 0.15) is 11.4 Å². The summed E-state index contributed by atoms with van der Waals surface area (Å²) in [5, 5.41) is 20.8. The maximum absolute atomic E-state index is 12.1. The molecule has 2 heterocycles.